The number of furan rings is 1. The molecule has 0 spiro atoms. The highest BCUT2D eigenvalue weighted by Crippen LogP contribution is 1.97. The first-order valence-electron chi connectivity index (χ1n) is 3.82. The SMILES string of the molecule is S=c1nc(N/N=C\c2ccco2)[nH][nH]1. The van der Waals surface area contributed by atoms with Gasteiger partial charge in [-0.05, 0) is 24.4 Å². The third-order valence-electron chi connectivity index (χ3n) is 1.41. The molecule has 0 atom stereocenters. The summed E-state index contributed by atoms with van der Waals surface area (Å²) in [6.07, 6.45) is 3.11. The number of aromatic nitrogens is 3. The maximum absolute atomic E-state index is 5.03. The van der Waals surface area contributed by atoms with E-state index in [1.807, 2.05) is 0 Å². The minimum absolute atomic E-state index is 0.376. The minimum atomic E-state index is 0.376. The second-order valence-electron chi connectivity index (χ2n) is 2.40. The van der Waals surface area contributed by atoms with Crippen LogP contribution in [-0.4, -0.2) is 21.4 Å². The Balaban J connectivity index is 1.98. The molecular formula is C7H7N5OS. The topological polar surface area (TPSA) is 82.0 Å². The van der Waals surface area contributed by atoms with Gasteiger partial charge in [0.05, 0.1) is 12.5 Å². The van der Waals surface area contributed by atoms with Crippen molar-refractivity contribution < 1.29 is 4.42 Å². The first-order chi connectivity index (χ1) is 6.84. The van der Waals surface area contributed by atoms with Crippen molar-refractivity contribution in [3.05, 3.63) is 28.9 Å². The number of H-pyrrole nitrogens is 2. The summed E-state index contributed by atoms with van der Waals surface area (Å²) in [5, 5.41) is 9.19. The van der Waals surface area contributed by atoms with Gasteiger partial charge >= 0.3 is 0 Å². The second-order valence-corrected chi connectivity index (χ2v) is 2.79. The Morgan fingerprint density at radius 1 is 1.57 bits per heavy atom. The molecule has 0 saturated heterocycles. The van der Waals surface area contributed by atoms with E-state index >= 15 is 0 Å². The number of nitrogens with zero attached hydrogens (tertiary/aromatic N) is 2. The van der Waals surface area contributed by atoms with Crippen LogP contribution in [0.5, 0.6) is 0 Å². The first-order valence-corrected chi connectivity index (χ1v) is 4.23. The van der Waals surface area contributed by atoms with Crippen molar-refractivity contribution in [2.45, 2.75) is 0 Å². The fourth-order valence-electron chi connectivity index (χ4n) is 0.845. The van der Waals surface area contributed by atoms with E-state index in [9.17, 15) is 0 Å². The van der Waals surface area contributed by atoms with Crippen LogP contribution in [0.3, 0.4) is 0 Å². The van der Waals surface area contributed by atoms with Crippen molar-refractivity contribution in [3.8, 4) is 0 Å². The zero-order valence-corrected chi connectivity index (χ0v) is 7.84. The Morgan fingerprint density at radius 2 is 2.50 bits per heavy atom. The van der Waals surface area contributed by atoms with Gasteiger partial charge in [-0.3, -0.25) is 10.2 Å². The van der Waals surface area contributed by atoms with Crippen LogP contribution in [0.15, 0.2) is 27.9 Å². The van der Waals surface area contributed by atoms with Crippen molar-refractivity contribution in [1.82, 2.24) is 15.2 Å². The molecule has 0 radical (unpaired) electrons. The van der Waals surface area contributed by atoms with E-state index in [0.29, 0.717) is 16.5 Å². The van der Waals surface area contributed by atoms with E-state index in [-0.39, 0.29) is 0 Å². The molecule has 0 aliphatic rings. The summed E-state index contributed by atoms with van der Waals surface area (Å²) in [6, 6.07) is 3.57. The Morgan fingerprint density at radius 3 is 3.14 bits per heavy atom. The number of anilines is 1. The molecule has 0 amide bonds. The molecule has 0 aromatic carbocycles. The Hall–Kier alpha value is -1.89. The summed E-state index contributed by atoms with van der Waals surface area (Å²) in [5.41, 5.74) is 2.65. The summed E-state index contributed by atoms with van der Waals surface area (Å²) in [5.74, 6) is 1.12. The fraction of sp³-hybridized carbons (Fsp3) is 0. The van der Waals surface area contributed by atoms with Crippen LogP contribution < -0.4 is 5.43 Å². The largest absolute Gasteiger partial charge is 0.463 e. The quantitative estimate of drug-likeness (QED) is 0.406. The van der Waals surface area contributed by atoms with Gasteiger partial charge in [0.1, 0.15) is 5.76 Å². The lowest BCUT2D eigenvalue weighted by atomic mass is 10.5. The van der Waals surface area contributed by atoms with Gasteiger partial charge < -0.3 is 4.42 Å². The molecule has 3 N–H and O–H groups in total. The lowest BCUT2D eigenvalue weighted by Gasteiger charge is -1.89. The highest BCUT2D eigenvalue weighted by Gasteiger charge is 1.91. The van der Waals surface area contributed by atoms with Crippen molar-refractivity contribution in [2.24, 2.45) is 5.10 Å². The van der Waals surface area contributed by atoms with Crippen molar-refractivity contribution in [2.75, 3.05) is 5.43 Å². The number of hydrazone groups is 1. The van der Waals surface area contributed by atoms with Crippen LogP contribution in [-0.2, 0) is 0 Å². The summed E-state index contributed by atoms with van der Waals surface area (Å²) in [4.78, 5) is 3.88. The number of hydrogen-bond donors (Lipinski definition) is 3. The summed E-state index contributed by atoms with van der Waals surface area (Å²) in [6.45, 7) is 0. The summed E-state index contributed by atoms with van der Waals surface area (Å²) >= 11 is 4.75. The van der Waals surface area contributed by atoms with Gasteiger partial charge in [0.15, 0.2) is 0 Å². The van der Waals surface area contributed by atoms with Crippen LogP contribution in [0, 0.1) is 4.77 Å². The van der Waals surface area contributed by atoms with E-state index in [2.05, 4.69) is 25.7 Å². The molecule has 0 aliphatic carbocycles. The van der Waals surface area contributed by atoms with Gasteiger partial charge in [0.2, 0.25) is 10.7 Å². The lowest BCUT2D eigenvalue weighted by molar-refractivity contribution is 0.560. The Labute approximate surface area is 84.0 Å². The molecule has 14 heavy (non-hydrogen) atoms. The van der Waals surface area contributed by atoms with Gasteiger partial charge in [-0.2, -0.15) is 10.1 Å². The molecule has 0 bridgehead atoms. The number of hydrogen-bond acceptors (Lipinski definition) is 5. The van der Waals surface area contributed by atoms with Crippen LogP contribution in [0.2, 0.25) is 0 Å². The van der Waals surface area contributed by atoms with E-state index in [4.69, 9.17) is 16.6 Å². The zero-order valence-electron chi connectivity index (χ0n) is 7.02. The van der Waals surface area contributed by atoms with Gasteiger partial charge in [-0.15, -0.1) is 0 Å². The smallest absolute Gasteiger partial charge is 0.238 e. The maximum Gasteiger partial charge on any atom is 0.238 e. The molecule has 7 heteroatoms. The molecule has 0 saturated carbocycles. The minimum Gasteiger partial charge on any atom is -0.463 e. The molecule has 2 aromatic heterocycles. The maximum atomic E-state index is 5.03. The highest BCUT2D eigenvalue weighted by atomic mass is 32.1. The zero-order chi connectivity index (χ0) is 9.80. The Kier molecular flexibility index (Phi) is 2.41. The van der Waals surface area contributed by atoms with Gasteiger partial charge in [0, 0.05) is 0 Å². The number of aromatic amines is 2. The second kappa shape index (κ2) is 3.88. The molecule has 72 valence electrons. The molecule has 0 fully saturated rings. The standard InChI is InChI=1S/C7H7N5OS/c14-7-9-6(11-12-7)10-8-4-5-2-1-3-13-5/h1-4H,(H3,9,10,11,12,14)/b8-4-. The van der Waals surface area contributed by atoms with Crippen molar-refractivity contribution in [3.63, 3.8) is 0 Å². The average molecular weight is 209 g/mol. The third-order valence-corrected chi connectivity index (χ3v) is 1.60. The molecule has 2 aromatic rings. The fourth-order valence-corrected chi connectivity index (χ4v) is 0.987. The van der Waals surface area contributed by atoms with Crippen molar-refractivity contribution >= 4 is 24.4 Å². The molecule has 2 heterocycles. The van der Waals surface area contributed by atoms with E-state index in [0.717, 1.165) is 0 Å². The van der Waals surface area contributed by atoms with Crippen LogP contribution in [0.4, 0.5) is 5.95 Å². The van der Waals surface area contributed by atoms with Gasteiger partial charge in [-0.1, -0.05) is 0 Å². The molecular weight excluding hydrogens is 202 g/mol. The lowest BCUT2D eigenvalue weighted by Crippen LogP contribution is -1.91. The molecule has 6 nitrogen and oxygen atoms in total. The predicted octanol–water partition coefficient (Wildman–Crippen LogP) is 1.51. The van der Waals surface area contributed by atoms with E-state index < -0.39 is 0 Å². The molecule has 0 unspecified atom stereocenters. The predicted molar refractivity (Wildman–Crippen MR) is 53.7 cm³/mol. The molecule has 0 aliphatic heterocycles. The Bertz CT molecular complexity index is 468. The molecule has 2 rings (SSSR count). The number of nitrogens with one attached hydrogen (secondary N) is 3. The van der Waals surface area contributed by atoms with Gasteiger partial charge in [0.25, 0.3) is 0 Å². The summed E-state index contributed by atoms with van der Waals surface area (Å²) < 4.78 is 5.40. The third kappa shape index (κ3) is 2.07. The van der Waals surface area contributed by atoms with Crippen molar-refractivity contribution in [1.29, 1.82) is 0 Å². The number of rotatable bonds is 3. The monoisotopic (exact) mass is 209 g/mol. The highest BCUT2D eigenvalue weighted by molar-refractivity contribution is 7.71. The first kappa shape index (κ1) is 8.70. The van der Waals surface area contributed by atoms with Gasteiger partial charge in [-0.25, -0.2) is 5.43 Å². The van der Waals surface area contributed by atoms with Crippen LogP contribution in [0.25, 0.3) is 0 Å². The van der Waals surface area contributed by atoms with E-state index in [1.165, 1.54) is 6.21 Å². The summed E-state index contributed by atoms with van der Waals surface area (Å²) in [7, 11) is 0. The van der Waals surface area contributed by atoms with Crippen LogP contribution in [0.1, 0.15) is 5.76 Å². The normalized spacial score (nSPS) is 10.9. The van der Waals surface area contributed by atoms with E-state index in [1.54, 1.807) is 18.4 Å². The average Bonchev–Trinajstić information content (AvgIpc) is 2.77. The van der Waals surface area contributed by atoms with Crippen LogP contribution >= 0.6 is 12.2 Å².